The molecule has 0 heterocycles. The molecule has 0 fully saturated rings. The Morgan fingerprint density at radius 1 is 1.12 bits per heavy atom. The molecule has 0 saturated carbocycles. The first-order valence-corrected chi connectivity index (χ1v) is 8.49. The fourth-order valence-electron chi connectivity index (χ4n) is 2.94. The zero-order valence-corrected chi connectivity index (χ0v) is 16.3. The predicted molar refractivity (Wildman–Crippen MR) is 96.6 cm³/mol. The molecule has 0 aliphatic rings. The lowest BCUT2D eigenvalue weighted by molar-refractivity contribution is -0.145. The minimum Gasteiger partial charge on any atom is -0.496 e. The molecule has 0 aromatic heterocycles. The summed E-state index contributed by atoms with van der Waals surface area (Å²) in [6.07, 6.45) is -1.03. The lowest BCUT2D eigenvalue weighted by atomic mass is 9.73. The van der Waals surface area contributed by atoms with Gasteiger partial charge < -0.3 is 14.6 Å². The Hall–Kier alpha value is -1.55. The van der Waals surface area contributed by atoms with Gasteiger partial charge >= 0.3 is 5.97 Å². The van der Waals surface area contributed by atoms with E-state index in [1.54, 1.807) is 14.0 Å². The van der Waals surface area contributed by atoms with Crippen molar-refractivity contribution in [3.05, 3.63) is 28.8 Å². The van der Waals surface area contributed by atoms with Crippen LogP contribution in [-0.4, -0.2) is 24.8 Å². The molecule has 1 aromatic rings. The van der Waals surface area contributed by atoms with E-state index in [0.717, 1.165) is 5.56 Å². The Kier molecular flexibility index (Phi) is 6.45. The van der Waals surface area contributed by atoms with Gasteiger partial charge in [-0.2, -0.15) is 0 Å². The average molecular weight is 336 g/mol. The van der Waals surface area contributed by atoms with Gasteiger partial charge in [-0.3, -0.25) is 4.79 Å². The molecule has 0 radical (unpaired) electrons. The van der Waals surface area contributed by atoms with Crippen LogP contribution in [0.2, 0.25) is 0 Å². The van der Waals surface area contributed by atoms with E-state index in [1.807, 2.05) is 12.1 Å². The Balaban J connectivity index is 3.47. The van der Waals surface area contributed by atoms with Crippen LogP contribution in [0.3, 0.4) is 0 Å². The molecule has 1 rings (SSSR count). The highest BCUT2D eigenvalue weighted by molar-refractivity contribution is 5.70. The van der Waals surface area contributed by atoms with Crippen LogP contribution in [0.1, 0.15) is 77.7 Å². The zero-order chi connectivity index (χ0) is 18.7. The lowest BCUT2D eigenvalue weighted by Crippen LogP contribution is -2.24. The van der Waals surface area contributed by atoms with Gasteiger partial charge in [0.05, 0.1) is 26.2 Å². The number of carbonyl (C=O) groups is 1. The first-order chi connectivity index (χ1) is 10.9. The van der Waals surface area contributed by atoms with E-state index in [4.69, 9.17) is 9.47 Å². The number of benzene rings is 1. The second-order valence-corrected chi connectivity index (χ2v) is 8.14. The van der Waals surface area contributed by atoms with Gasteiger partial charge in [-0.1, -0.05) is 53.7 Å². The van der Waals surface area contributed by atoms with Crippen molar-refractivity contribution < 1.29 is 19.4 Å². The van der Waals surface area contributed by atoms with Crippen LogP contribution in [-0.2, 0) is 20.4 Å². The smallest absolute Gasteiger partial charge is 0.308 e. The third-order valence-electron chi connectivity index (χ3n) is 3.97. The van der Waals surface area contributed by atoms with Gasteiger partial charge in [0, 0.05) is 11.1 Å². The number of ether oxygens (including phenoxy) is 2. The highest BCUT2D eigenvalue weighted by Gasteiger charge is 2.31. The molecule has 0 aliphatic heterocycles. The van der Waals surface area contributed by atoms with Crippen molar-refractivity contribution >= 4 is 5.97 Å². The number of hydrogen-bond donors (Lipinski definition) is 1. The topological polar surface area (TPSA) is 55.8 Å². The van der Waals surface area contributed by atoms with Gasteiger partial charge in [-0.15, -0.1) is 0 Å². The molecule has 136 valence electrons. The molecular formula is C20H32O4. The van der Waals surface area contributed by atoms with E-state index in [9.17, 15) is 9.90 Å². The summed E-state index contributed by atoms with van der Waals surface area (Å²) in [6, 6.07) is 3.89. The van der Waals surface area contributed by atoms with Crippen molar-refractivity contribution in [1.82, 2.24) is 0 Å². The van der Waals surface area contributed by atoms with E-state index in [2.05, 4.69) is 41.5 Å². The molecule has 1 unspecified atom stereocenters. The monoisotopic (exact) mass is 336 g/mol. The molecule has 1 atom stereocenters. The third-order valence-corrected chi connectivity index (χ3v) is 3.97. The van der Waals surface area contributed by atoms with Crippen LogP contribution < -0.4 is 4.74 Å². The van der Waals surface area contributed by atoms with Crippen molar-refractivity contribution in [1.29, 1.82) is 0 Å². The quantitative estimate of drug-likeness (QED) is 0.816. The summed E-state index contributed by atoms with van der Waals surface area (Å²) in [5.41, 5.74) is 2.66. The first kappa shape index (κ1) is 20.5. The summed E-state index contributed by atoms with van der Waals surface area (Å²) in [6.45, 7) is 14.9. The zero-order valence-electron chi connectivity index (χ0n) is 16.3. The van der Waals surface area contributed by atoms with Crippen LogP contribution in [0.25, 0.3) is 0 Å². The van der Waals surface area contributed by atoms with Crippen LogP contribution in [0, 0.1) is 0 Å². The van der Waals surface area contributed by atoms with Gasteiger partial charge in [0.25, 0.3) is 0 Å². The number of rotatable bonds is 5. The Bertz CT molecular complexity index is 577. The molecule has 0 bridgehead atoms. The van der Waals surface area contributed by atoms with Crippen molar-refractivity contribution in [3.63, 3.8) is 0 Å². The minimum atomic E-state index is -0.950. The van der Waals surface area contributed by atoms with E-state index in [0.29, 0.717) is 17.9 Å². The summed E-state index contributed by atoms with van der Waals surface area (Å²) in [5, 5.41) is 10.5. The largest absolute Gasteiger partial charge is 0.496 e. The van der Waals surface area contributed by atoms with E-state index < -0.39 is 12.1 Å². The molecule has 24 heavy (non-hydrogen) atoms. The summed E-state index contributed by atoms with van der Waals surface area (Å²) in [7, 11) is 1.61. The van der Waals surface area contributed by atoms with Crippen LogP contribution in [0.4, 0.5) is 0 Å². The molecule has 1 N–H and O–H groups in total. The highest BCUT2D eigenvalue weighted by Crippen LogP contribution is 2.43. The number of aliphatic hydroxyl groups is 1. The molecular weight excluding hydrogens is 304 g/mol. The van der Waals surface area contributed by atoms with Crippen molar-refractivity contribution in [2.75, 3.05) is 13.7 Å². The van der Waals surface area contributed by atoms with Crippen molar-refractivity contribution in [3.8, 4) is 5.75 Å². The summed E-state index contributed by atoms with van der Waals surface area (Å²) in [4.78, 5) is 11.7. The molecule has 0 spiro atoms. The van der Waals surface area contributed by atoms with Crippen LogP contribution in [0.5, 0.6) is 5.75 Å². The number of aliphatic hydroxyl groups excluding tert-OH is 1. The number of carbonyl (C=O) groups excluding carboxylic acids is 1. The Morgan fingerprint density at radius 3 is 2.12 bits per heavy atom. The molecule has 0 aliphatic carbocycles. The number of esters is 1. The number of hydrogen-bond acceptors (Lipinski definition) is 4. The molecule has 4 nitrogen and oxygen atoms in total. The maximum Gasteiger partial charge on any atom is 0.308 e. The third kappa shape index (κ3) is 4.73. The molecule has 0 amide bonds. The van der Waals surface area contributed by atoms with E-state index >= 15 is 0 Å². The maximum absolute atomic E-state index is 11.7. The SMILES string of the molecule is CCOC(=O)CC(O)c1ccc(C(C)(C)C)c(C(C)(C)C)c1OC. The fourth-order valence-corrected chi connectivity index (χ4v) is 2.94. The van der Waals surface area contributed by atoms with Gasteiger partial charge in [0.2, 0.25) is 0 Å². The maximum atomic E-state index is 11.7. The molecule has 0 saturated heterocycles. The Labute approximate surface area is 146 Å². The van der Waals surface area contributed by atoms with Gasteiger partial charge in [-0.25, -0.2) is 0 Å². The van der Waals surface area contributed by atoms with E-state index in [-0.39, 0.29) is 17.3 Å². The second kappa shape index (κ2) is 7.56. The van der Waals surface area contributed by atoms with Gasteiger partial charge in [-0.05, 0) is 23.3 Å². The molecule has 4 heteroatoms. The van der Waals surface area contributed by atoms with Gasteiger partial charge in [0.15, 0.2) is 0 Å². The van der Waals surface area contributed by atoms with Crippen LogP contribution in [0.15, 0.2) is 12.1 Å². The lowest BCUT2D eigenvalue weighted by Gasteiger charge is -2.33. The van der Waals surface area contributed by atoms with E-state index in [1.165, 1.54) is 5.56 Å². The standard InChI is InChI=1S/C20H32O4/c1-9-24-16(22)12-15(21)13-10-11-14(19(2,3)4)17(18(13)23-8)20(5,6)7/h10-11,15,21H,9,12H2,1-8H3. The minimum absolute atomic E-state index is 0.0550. The number of methoxy groups -OCH3 is 1. The summed E-state index contributed by atoms with van der Waals surface area (Å²) < 4.78 is 10.6. The normalized spacial score (nSPS) is 13.5. The first-order valence-electron chi connectivity index (χ1n) is 8.49. The van der Waals surface area contributed by atoms with Crippen LogP contribution >= 0.6 is 0 Å². The second-order valence-electron chi connectivity index (χ2n) is 8.14. The predicted octanol–water partition coefficient (Wildman–Crippen LogP) is 4.28. The molecule has 1 aromatic carbocycles. The average Bonchev–Trinajstić information content (AvgIpc) is 2.43. The summed E-state index contributed by atoms with van der Waals surface area (Å²) in [5.74, 6) is 0.246. The highest BCUT2D eigenvalue weighted by atomic mass is 16.5. The van der Waals surface area contributed by atoms with Crippen molar-refractivity contribution in [2.45, 2.75) is 71.8 Å². The van der Waals surface area contributed by atoms with Gasteiger partial charge in [0.1, 0.15) is 5.75 Å². The summed E-state index contributed by atoms with van der Waals surface area (Å²) >= 11 is 0. The fraction of sp³-hybridized carbons (Fsp3) is 0.650. The Morgan fingerprint density at radius 2 is 1.71 bits per heavy atom. The van der Waals surface area contributed by atoms with Crippen molar-refractivity contribution in [2.24, 2.45) is 0 Å².